The van der Waals surface area contributed by atoms with Crippen LogP contribution in [0.2, 0.25) is 0 Å². The molecule has 0 spiro atoms. The number of fused-ring (bicyclic) bond motifs is 3. The van der Waals surface area contributed by atoms with Crippen LogP contribution in [0.15, 0.2) is 53.9 Å². The van der Waals surface area contributed by atoms with Gasteiger partial charge in [-0.3, -0.25) is 0 Å². The molecule has 0 saturated carbocycles. The van der Waals surface area contributed by atoms with Crippen LogP contribution in [0.1, 0.15) is 30.3 Å². The third-order valence-electron chi connectivity index (χ3n) is 4.95. The molecule has 1 aliphatic rings. The zero-order valence-electron chi connectivity index (χ0n) is 17.2. The minimum Gasteiger partial charge on any atom is -0.492 e. The number of hydrogen-bond donors (Lipinski definition) is 1. The van der Waals surface area contributed by atoms with E-state index < -0.39 is 0 Å². The normalized spacial score (nSPS) is 13.5. The van der Waals surface area contributed by atoms with Gasteiger partial charge in [0.05, 0.1) is 12.3 Å². The number of ether oxygens (including phenoxy) is 1. The Hall–Kier alpha value is -3.59. The van der Waals surface area contributed by atoms with Crippen molar-refractivity contribution in [2.45, 2.75) is 26.3 Å². The van der Waals surface area contributed by atoms with Crippen LogP contribution in [0, 0.1) is 0 Å². The summed E-state index contributed by atoms with van der Waals surface area (Å²) in [7, 11) is 0. The van der Waals surface area contributed by atoms with E-state index in [1.165, 1.54) is 4.88 Å². The van der Waals surface area contributed by atoms with E-state index in [9.17, 15) is 0 Å². The summed E-state index contributed by atoms with van der Waals surface area (Å²) in [6, 6.07) is 11.6. The fourth-order valence-corrected chi connectivity index (χ4v) is 4.51. The molecule has 0 amide bonds. The van der Waals surface area contributed by atoms with Gasteiger partial charge in [-0.05, 0) is 38.1 Å². The molecule has 4 aromatic rings. The summed E-state index contributed by atoms with van der Waals surface area (Å²) in [4.78, 5) is 19.1. The molecular weight excluding hydrogens is 410 g/mol. The Morgan fingerprint density at radius 2 is 2.13 bits per heavy atom. The molecule has 0 atom stereocenters. The fourth-order valence-electron chi connectivity index (χ4n) is 3.47. The lowest BCUT2D eigenvalue weighted by molar-refractivity contribution is 0.327. The second-order valence-electron chi connectivity index (χ2n) is 7.41. The molecule has 0 aliphatic carbocycles. The van der Waals surface area contributed by atoms with Gasteiger partial charge in [-0.2, -0.15) is 5.10 Å². The Labute approximate surface area is 183 Å². The molecule has 0 unspecified atom stereocenters. The second-order valence-corrected chi connectivity index (χ2v) is 8.49. The number of thiazole rings is 1. The summed E-state index contributed by atoms with van der Waals surface area (Å²) in [5.74, 6) is 2.49. The summed E-state index contributed by atoms with van der Waals surface area (Å²) >= 11 is 1.64. The molecule has 0 radical (unpaired) electrons. The highest BCUT2D eigenvalue weighted by Gasteiger charge is 2.23. The first-order chi connectivity index (χ1) is 15.1. The largest absolute Gasteiger partial charge is 0.492 e. The Morgan fingerprint density at radius 1 is 1.23 bits per heavy atom. The van der Waals surface area contributed by atoms with Crippen molar-refractivity contribution in [3.05, 3.63) is 59.4 Å². The average molecular weight is 432 g/mol. The maximum atomic E-state index is 6.23. The van der Waals surface area contributed by atoms with Crippen LogP contribution in [-0.2, 0) is 6.42 Å². The van der Waals surface area contributed by atoms with E-state index >= 15 is 0 Å². The fraction of sp³-hybridized carbons (Fsp3) is 0.227. The smallest absolute Gasteiger partial charge is 0.187 e. The third kappa shape index (κ3) is 3.68. The lowest BCUT2D eigenvalue weighted by Crippen LogP contribution is -2.13. The first kappa shape index (κ1) is 19.4. The number of nitrogens with zero attached hydrogens (tertiary/aromatic N) is 6. The van der Waals surface area contributed by atoms with Crippen LogP contribution in [0.25, 0.3) is 22.1 Å². The first-order valence-corrected chi connectivity index (χ1v) is 10.8. The second kappa shape index (κ2) is 7.92. The third-order valence-corrected chi connectivity index (χ3v) is 6.07. The molecule has 8 nitrogen and oxygen atoms in total. The number of amidine groups is 1. The zero-order chi connectivity index (χ0) is 21.4. The molecule has 9 heteroatoms. The van der Waals surface area contributed by atoms with Gasteiger partial charge in [0, 0.05) is 34.7 Å². The number of hydrogen-bond acceptors (Lipinski definition) is 7. The van der Waals surface area contributed by atoms with Gasteiger partial charge in [-0.15, -0.1) is 11.3 Å². The molecule has 5 rings (SSSR count). The topological polar surface area (TPSA) is 104 Å². The van der Waals surface area contributed by atoms with Crippen LogP contribution >= 0.6 is 11.3 Å². The van der Waals surface area contributed by atoms with Crippen LogP contribution in [0.4, 0.5) is 5.82 Å². The SMILES string of the molecule is CC(C)n1ncnc1-c1nc2c(s1)CCOc1cc(/C(N)=N/c3ccccn3)ccc1-2. The van der Waals surface area contributed by atoms with E-state index in [0.29, 0.717) is 18.3 Å². The van der Waals surface area contributed by atoms with E-state index in [0.717, 1.165) is 39.8 Å². The van der Waals surface area contributed by atoms with Crippen molar-refractivity contribution < 1.29 is 4.74 Å². The van der Waals surface area contributed by atoms with Gasteiger partial charge >= 0.3 is 0 Å². The van der Waals surface area contributed by atoms with Gasteiger partial charge in [0.25, 0.3) is 0 Å². The number of aromatic nitrogens is 5. The highest BCUT2D eigenvalue weighted by atomic mass is 32.1. The lowest BCUT2D eigenvalue weighted by atomic mass is 10.1. The summed E-state index contributed by atoms with van der Waals surface area (Å²) in [5.41, 5.74) is 8.88. The number of benzene rings is 1. The minimum absolute atomic E-state index is 0.209. The molecule has 1 aromatic carbocycles. The van der Waals surface area contributed by atoms with Crippen molar-refractivity contribution in [1.29, 1.82) is 0 Å². The summed E-state index contributed by atoms with van der Waals surface area (Å²) < 4.78 is 7.93. The summed E-state index contributed by atoms with van der Waals surface area (Å²) in [6.07, 6.45) is 4.05. The maximum absolute atomic E-state index is 6.23. The van der Waals surface area contributed by atoms with Crippen molar-refractivity contribution in [2.75, 3.05) is 6.61 Å². The van der Waals surface area contributed by atoms with Crippen molar-refractivity contribution >= 4 is 23.0 Å². The molecule has 0 bridgehead atoms. The predicted molar refractivity (Wildman–Crippen MR) is 121 cm³/mol. The van der Waals surface area contributed by atoms with E-state index in [4.69, 9.17) is 15.5 Å². The highest BCUT2D eigenvalue weighted by Crippen LogP contribution is 2.40. The summed E-state index contributed by atoms with van der Waals surface area (Å²) in [6.45, 7) is 4.73. The highest BCUT2D eigenvalue weighted by molar-refractivity contribution is 7.15. The molecule has 3 aromatic heterocycles. The van der Waals surface area contributed by atoms with Crippen molar-refractivity contribution in [2.24, 2.45) is 10.7 Å². The van der Waals surface area contributed by atoms with Crippen LogP contribution in [0.5, 0.6) is 5.75 Å². The zero-order valence-corrected chi connectivity index (χ0v) is 18.0. The van der Waals surface area contributed by atoms with Crippen LogP contribution in [-0.4, -0.2) is 37.2 Å². The van der Waals surface area contributed by atoms with Crippen LogP contribution in [0.3, 0.4) is 0 Å². The van der Waals surface area contributed by atoms with Gasteiger partial charge in [-0.1, -0.05) is 12.1 Å². The molecule has 31 heavy (non-hydrogen) atoms. The van der Waals surface area contributed by atoms with E-state index in [-0.39, 0.29) is 6.04 Å². The van der Waals surface area contributed by atoms with Gasteiger partial charge in [-0.25, -0.2) is 24.6 Å². The van der Waals surface area contributed by atoms with Crippen molar-refractivity contribution in [3.63, 3.8) is 0 Å². The van der Waals surface area contributed by atoms with E-state index in [1.54, 1.807) is 23.9 Å². The molecule has 1 aliphatic heterocycles. The lowest BCUT2D eigenvalue weighted by Gasteiger charge is -2.10. The van der Waals surface area contributed by atoms with Gasteiger partial charge in [0.15, 0.2) is 16.6 Å². The molecule has 0 saturated heterocycles. The van der Waals surface area contributed by atoms with Crippen molar-refractivity contribution in [1.82, 2.24) is 24.7 Å². The molecule has 0 fully saturated rings. The molecule has 156 valence electrons. The van der Waals surface area contributed by atoms with Gasteiger partial charge in [0.2, 0.25) is 0 Å². The average Bonchev–Trinajstić information content (AvgIpc) is 3.38. The molecule has 4 heterocycles. The van der Waals surface area contributed by atoms with Crippen LogP contribution < -0.4 is 10.5 Å². The standard InChI is InChI=1S/C22H21N7OS/c1-13(2)29-21(25-12-26-29)22-28-19-15-7-6-14(11-16(15)30-10-8-17(19)31-22)20(23)27-18-5-3-4-9-24-18/h3-7,9,11-13H,8,10H2,1-2H3,(H2,23,24,27). The Bertz CT molecular complexity index is 1260. The Morgan fingerprint density at radius 3 is 2.94 bits per heavy atom. The van der Waals surface area contributed by atoms with Gasteiger partial charge in [0.1, 0.15) is 17.9 Å². The Balaban J connectivity index is 1.53. The number of pyridine rings is 1. The number of nitrogens with two attached hydrogens (primary N) is 1. The van der Waals surface area contributed by atoms with E-state index in [2.05, 4.69) is 33.9 Å². The quantitative estimate of drug-likeness (QED) is 0.387. The monoisotopic (exact) mass is 431 g/mol. The summed E-state index contributed by atoms with van der Waals surface area (Å²) in [5, 5.41) is 5.21. The first-order valence-electron chi connectivity index (χ1n) is 10.0. The predicted octanol–water partition coefficient (Wildman–Crippen LogP) is 4.02. The number of aliphatic imine (C=N–C) groups is 1. The minimum atomic E-state index is 0.209. The van der Waals surface area contributed by atoms with Gasteiger partial charge < -0.3 is 10.5 Å². The number of rotatable bonds is 4. The van der Waals surface area contributed by atoms with E-state index in [1.807, 2.05) is 41.1 Å². The van der Waals surface area contributed by atoms with Crippen molar-refractivity contribution in [3.8, 4) is 27.8 Å². The maximum Gasteiger partial charge on any atom is 0.187 e. The molecular formula is C22H21N7OS. The molecule has 2 N–H and O–H groups in total. The Kier molecular flexibility index (Phi) is 4.95.